The number of nitrogens with one attached hydrogen (secondary N) is 2. The fourth-order valence-electron chi connectivity index (χ4n) is 7.77. The van der Waals surface area contributed by atoms with E-state index in [9.17, 15) is 24.0 Å². The smallest absolute Gasteiger partial charge is 0.408 e. The lowest BCUT2D eigenvalue weighted by Crippen LogP contribution is -2.56. The molecule has 5 atom stereocenters. The van der Waals surface area contributed by atoms with E-state index in [0.29, 0.717) is 41.5 Å². The summed E-state index contributed by atoms with van der Waals surface area (Å²) in [6.07, 6.45) is 10.3. The third-order valence-electron chi connectivity index (χ3n) is 10.7. The van der Waals surface area contributed by atoms with Gasteiger partial charge in [0.05, 0.1) is 26.3 Å². The Morgan fingerprint density at radius 2 is 1.83 bits per heavy atom. The second-order valence-electron chi connectivity index (χ2n) is 14.2. The molecule has 282 valence electrons. The van der Waals surface area contributed by atoms with Gasteiger partial charge in [0.1, 0.15) is 47.0 Å². The number of amides is 3. The minimum atomic E-state index is -1.26. The molecule has 2 aromatic rings. The topological polar surface area (TPSA) is 199 Å². The van der Waals surface area contributed by atoms with E-state index in [4.69, 9.17) is 24.5 Å². The number of aryl methyl sites for hydroxylation is 1. The summed E-state index contributed by atoms with van der Waals surface area (Å²) in [5.74, 6) is -1.74. The molecule has 0 spiro atoms. The fraction of sp³-hybridized carbons (Fsp3) is 0.553. The number of hydrogen-bond acceptors (Lipinski definition) is 10. The maximum atomic E-state index is 14.5. The number of aromatic nitrogens is 1. The van der Waals surface area contributed by atoms with Crippen molar-refractivity contribution >= 4 is 46.8 Å². The van der Waals surface area contributed by atoms with E-state index >= 15 is 0 Å². The lowest BCUT2D eigenvalue weighted by molar-refractivity contribution is -0.148. The van der Waals surface area contributed by atoms with Crippen LogP contribution < -0.4 is 20.1 Å². The molecule has 1 unspecified atom stereocenters. The predicted octanol–water partition coefficient (Wildman–Crippen LogP) is 3.99. The number of pyridine rings is 1. The highest BCUT2D eigenvalue weighted by molar-refractivity contribution is 6.33. The van der Waals surface area contributed by atoms with Crippen molar-refractivity contribution < 1.29 is 47.7 Å². The average Bonchev–Trinajstić information content (AvgIpc) is 3.42. The van der Waals surface area contributed by atoms with Crippen LogP contribution in [0, 0.1) is 12.8 Å². The summed E-state index contributed by atoms with van der Waals surface area (Å²) in [5, 5.41) is 6.27. The summed E-state index contributed by atoms with van der Waals surface area (Å²) < 4.78 is 22.8. The predicted molar refractivity (Wildman–Crippen MR) is 190 cm³/mol. The van der Waals surface area contributed by atoms with Crippen molar-refractivity contribution in [2.24, 2.45) is 5.92 Å². The number of carbonyl (C=O) groups excluding carboxylic acids is 5. The normalized spacial score (nSPS) is 26.8. The molecular formula is C38H46N6O9. The Morgan fingerprint density at radius 3 is 2.57 bits per heavy atom. The highest BCUT2D eigenvalue weighted by atomic mass is 16.6. The molecule has 3 amide bonds. The van der Waals surface area contributed by atoms with Crippen LogP contribution in [0.5, 0.6) is 11.5 Å². The van der Waals surface area contributed by atoms with Crippen LogP contribution in [0.25, 0.3) is 16.4 Å². The SMILES string of the molecule is COC(=O)[C@@]12CC1/C=C\CCCCC[C@H](NC(=O)OC1CCCC1)C(=O)N1C[C@H](Oc3cc(C(=O)C=[N+]=[N-])nc4c(C)c(OC)ccc34)C[C@H]1C(=O)N2. The molecule has 2 saturated carbocycles. The van der Waals surface area contributed by atoms with Gasteiger partial charge in [-0.2, -0.15) is 4.79 Å². The van der Waals surface area contributed by atoms with Gasteiger partial charge in [-0.3, -0.25) is 14.4 Å². The molecule has 15 nitrogen and oxygen atoms in total. The maximum Gasteiger partial charge on any atom is 0.408 e. The number of Topliss-reactive ketones (excluding diaryl/α,β-unsaturated/α-hetero) is 1. The van der Waals surface area contributed by atoms with Crippen LogP contribution in [-0.4, -0.2) is 101 Å². The van der Waals surface area contributed by atoms with Crippen molar-refractivity contribution in [1.29, 1.82) is 0 Å². The van der Waals surface area contributed by atoms with Gasteiger partial charge < -0.3 is 40.0 Å². The maximum absolute atomic E-state index is 14.5. The molecular weight excluding hydrogens is 684 g/mol. The molecule has 3 fully saturated rings. The number of nitrogens with zero attached hydrogens (tertiary/aromatic N) is 4. The molecule has 1 aromatic carbocycles. The lowest BCUT2D eigenvalue weighted by Gasteiger charge is -2.29. The molecule has 0 bridgehead atoms. The van der Waals surface area contributed by atoms with Gasteiger partial charge in [-0.05, 0) is 70.4 Å². The van der Waals surface area contributed by atoms with Crippen molar-refractivity contribution in [2.45, 2.75) is 107 Å². The Kier molecular flexibility index (Phi) is 11.4. The molecule has 2 aliphatic carbocycles. The third kappa shape index (κ3) is 8.04. The lowest BCUT2D eigenvalue weighted by atomic mass is 10.0. The summed E-state index contributed by atoms with van der Waals surface area (Å²) in [6.45, 7) is 1.74. The molecule has 2 N–H and O–H groups in total. The van der Waals surface area contributed by atoms with E-state index in [-0.39, 0.29) is 36.4 Å². The molecule has 1 aromatic heterocycles. The molecule has 2 aliphatic heterocycles. The Balaban J connectivity index is 1.34. The van der Waals surface area contributed by atoms with Crippen LogP contribution in [0.2, 0.25) is 0 Å². The average molecular weight is 731 g/mol. The fourth-order valence-corrected chi connectivity index (χ4v) is 7.77. The Hall–Kier alpha value is -5.30. The van der Waals surface area contributed by atoms with Crippen molar-refractivity contribution in [1.82, 2.24) is 20.5 Å². The summed E-state index contributed by atoms with van der Waals surface area (Å²) in [5.41, 5.74) is 8.78. The third-order valence-corrected chi connectivity index (χ3v) is 10.7. The van der Waals surface area contributed by atoms with E-state index in [1.807, 2.05) is 12.2 Å². The summed E-state index contributed by atoms with van der Waals surface area (Å²) in [6, 6.07) is 2.86. The van der Waals surface area contributed by atoms with Crippen molar-refractivity contribution in [3.8, 4) is 11.5 Å². The molecule has 0 radical (unpaired) electrons. The van der Waals surface area contributed by atoms with Gasteiger partial charge in [-0.15, -0.1) is 0 Å². The number of methoxy groups -OCH3 is 2. The first-order valence-electron chi connectivity index (χ1n) is 18.3. The molecule has 3 heterocycles. The van der Waals surface area contributed by atoms with E-state index in [0.717, 1.165) is 51.2 Å². The van der Waals surface area contributed by atoms with Crippen LogP contribution >= 0.6 is 0 Å². The van der Waals surface area contributed by atoms with Crippen molar-refractivity contribution in [3.63, 3.8) is 0 Å². The van der Waals surface area contributed by atoms with Gasteiger partial charge in [0.15, 0.2) is 0 Å². The number of benzene rings is 1. The zero-order valence-electron chi connectivity index (χ0n) is 30.3. The van der Waals surface area contributed by atoms with Gasteiger partial charge in [0, 0.05) is 29.4 Å². The molecule has 6 rings (SSSR count). The van der Waals surface area contributed by atoms with E-state index in [2.05, 4.69) is 20.4 Å². The second-order valence-corrected chi connectivity index (χ2v) is 14.2. The zero-order valence-corrected chi connectivity index (χ0v) is 30.3. The van der Waals surface area contributed by atoms with Crippen LogP contribution in [-0.2, 0) is 23.9 Å². The monoisotopic (exact) mass is 730 g/mol. The van der Waals surface area contributed by atoms with Crippen molar-refractivity contribution in [3.05, 3.63) is 47.1 Å². The van der Waals surface area contributed by atoms with E-state index in [1.165, 1.54) is 25.2 Å². The Morgan fingerprint density at radius 1 is 1.06 bits per heavy atom. The number of esters is 1. The first-order chi connectivity index (χ1) is 25.6. The number of hydrogen-bond donors (Lipinski definition) is 2. The number of allylic oxidation sites excluding steroid dienone is 1. The first kappa shape index (κ1) is 37.5. The minimum Gasteiger partial charge on any atom is -0.496 e. The van der Waals surface area contributed by atoms with Gasteiger partial charge in [0.2, 0.25) is 11.8 Å². The Bertz CT molecular complexity index is 1850. The van der Waals surface area contributed by atoms with Crippen LogP contribution in [0.1, 0.15) is 86.7 Å². The van der Waals surface area contributed by atoms with Crippen LogP contribution in [0.4, 0.5) is 4.79 Å². The van der Waals surface area contributed by atoms with Gasteiger partial charge in [-0.25, -0.2) is 14.6 Å². The number of rotatable bonds is 8. The minimum absolute atomic E-state index is 0.0366. The van der Waals surface area contributed by atoms with Crippen LogP contribution in [0.15, 0.2) is 30.4 Å². The molecule has 4 aliphatic rings. The van der Waals surface area contributed by atoms with Gasteiger partial charge in [0.25, 0.3) is 5.78 Å². The van der Waals surface area contributed by atoms with Gasteiger partial charge in [-0.1, -0.05) is 25.0 Å². The number of carbonyl (C=O) groups is 5. The summed E-state index contributed by atoms with van der Waals surface area (Å²) >= 11 is 0. The van der Waals surface area contributed by atoms with E-state index in [1.54, 1.807) is 19.1 Å². The number of fused-ring (bicyclic) bond motifs is 3. The largest absolute Gasteiger partial charge is 0.496 e. The first-order valence-corrected chi connectivity index (χ1v) is 18.3. The molecule has 15 heteroatoms. The standard InChI is InChI=1S/C38H46N6O9/c1-22-31(50-2)16-15-26-32(18-28(41-33(22)26)30(45)20-40-39)52-25-17-29-34(46)43-38(36(48)51-3)19-23(38)11-7-5-4-6-8-14-27(35(47)44(29)21-25)42-37(49)53-24-12-9-10-13-24/h7,11,15-16,18,20,23-25,27,29H,4-6,8-10,12-14,17,19,21H2,1-3H3,(H,42,49)(H,43,46)/b11-7-/t23?,25-,27+,29+,38-/m1/s1. The highest BCUT2D eigenvalue weighted by Gasteiger charge is 2.62. The quantitative estimate of drug-likeness (QED) is 0.100. The number of ketones is 1. The summed E-state index contributed by atoms with van der Waals surface area (Å²) in [4.78, 5) is 76.5. The van der Waals surface area contributed by atoms with E-state index < -0.39 is 53.4 Å². The molecule has 1 saturated heterocycles. The Labute approximate surface area is 307 Å². The number of ether oxygens (including phenoxy) is 4. The second kappa shape index (κ2) is 16.2. The summed E-state index contributed by atoms with van der Waals surface area (Å²) in [7, 11) is 2.79. The zero-order chi connectivity index (χ0) is 37.7. The molecule has 53 heavy (non-hydrogen) atoms. The van der Waals surface area contributed by atoms with Crippen LogP contribution in [0.3, 0.4) is 0 Å². The number of alkyl carbamates (subject to hydrolysis) is 1. The van der Waals surface area contributed by atoms with Gasteiger partial charge >= 0.3 is 18.3 Å². The van der Waals surface area contributed by atoms with Crippen molar-refractivity contribution in [2.75, 3.05) is 20.8 Å². The highest BCUT2D eigenvalue weighted by Crippen LogP contribution is 2.46.